The number of hydrogen-bond acceptors (Lipinski definition) is 2. The van der Waals surface area contributed by atoms with Crippen molar-refractivity contribution in [3.8, 4) is 0 Å². The Bertz CT molecular complexity index is 715. The number of aromatic nitrogens is 1. The number of nitrogens with one attached hydrogen (secondary N) is 1. The van der Waals surface area contributed by atoms with Crippen LogP contribution in [0.5, 0.6) is 0 Å². The molecule has 108 valence electrons. The monoisotopic (exact) mass is 282 g/mol. The van der Waals surface area contributed by atoms with Gasteiger partial charge in [0.25, 0.3) is 11.5 Å². The molecule has 0 saturated heterocycles. The van der Waals surface area contributed by atoms with Gasteiger partial charge in [0, 0.05) is 36.8 Å². The molecule has 1 aliphatic rings. The number of carbonyl (C=O) groups excluding carboxylic acids is 1. The van der Waals surface area contributed by atoms with Crippen LogP contribution in [0.25, 0.3) is 0 Å². The van der Waals surface area contributed by atoms with E-state index in [0.29, 0.717) is 12.1 Å². The Hall–Kier alpha value is -2.36. The van der Waals surface area contributed by atoms with Crippen LogP contribution in [0.2, 0.25) is 0 Å². The molecule has 3 rings (SSSR count). The maximum atomic E-state index is 12.2. The minimum Gasteiger partial charge on any atom is -0.351 e. The van der Waals surface area contributed by atoms with Crippen molar-refractivity contribution in [2.24, 2.45) is 7.05 Å². The highest BCUT2D eigenvalue weighted by Gasteiger charge is 2.44. The highest BCUT2D eigenvalue weighted by molar-refractivity contribution is 5.94. The van der Waals surface area contributed by atoms with Crippen molar-refractivity contribution in [1.82, 2.24) is 9.88 Å². The number of carbonyl (C=O) groups is 1. The van der Waals surface area contributed by atoms with Gasteiger partial charge in [-0.1, -0.05) is 30.3 Å². The third-order valence-corrected chi connectivity index (χ3v) is 4.19. The average Bonchev–Trinajstić information content (AvgIpc) is 3.30. The summed E-state index contributed by atoms with van der Waals surface area (Å²) in [4.78, 5) is 23.7. The van der Waals surface area contributed by atoms with E-state index in [1.54, 1.807) is 19.3 Å². The first-order chi connectivity index (χ1) is 10.1. The first-order valence-corrected chi connectivity index (χ1v) is 7.11. The molecule has 0 spiro atoms. The van der Waals surface area contributed by atoms with Crippen molar-refractivity contribution in [2.75, 3.05) is 6.54 Å². The van der Waals surface area contributed by atoms with Crippen molar-refractivity contribution in [3.05, 3.63) is 70.1 Å². The van der Waals surface area contributed by atoms with Gasteiger partial charge in [0.05, 0.1) is 0 Å². The second kappa shape index (κ2) is 5.20. The number of pyridine rings is 1. The summed E-state index contributed by atoms with van der Waals surface area (Å²) in [7, 11) is 1.67. The standard InChI is InChI=1S/C17H18N2O2/c1-19-10-7-13(11-15(19)20)16(21)18-12-17(8-9-17)14-5-3-2-4-6-14/h2-7,10-11H,8-9,12H2,1H3,(H,18,21). The van der Waals surface area contributed by atoms with E-state index in [1.807, 2.05) is 18.2 Å². The van der Waals surface area contributed by atoms with Gasteiger partial charge in [-0.3, -0.25) is 9.59 Å². The summed E-state index contributed by atoms with van der Waals surface area (Å²) in [5.74, 6) is -0.185. The largest absolute Gasteiger partial charge is 0.351 e. The summed E-state index contributed by atoms with van der Waals surface area (Å²) in [6, 6.07) is 13.3. The number of nitrogens with zero attached hydrogens (tertiary/aromatic N) is 1. The zero-order chi connectivity index (χ0) is 14.9. The molecule has 0 aliphatic heterocycles. The van der Waals surface area contributed by atoms with Crippen molar-refractivity contribution in [2.45, 2.75) is 18.3 Å². The Balaban J connectivity index is 1.69. The van der Waals surface area contributed by atoms with Gasteiger partial charge >= 0.3 is 0 Å². The van der Waals surface area contributed by atoms with Crippen LogP contribution < -0.4 is 10.9 Å². The van der Waals surface area contributed by atoms with E-state index in [0.717, 1.165) is 12.8 Å². The topological polar surface area (TPSA) is 51.1 Å². The summed E-state index contributed by atoms with van der Waals surface area (Å²) in [5.41, 5.74) is 1.60. The fourth-order valence-electron chi connectivity index (χ4n) is 2.55. The minimum absolute atomic E-state index is 0.0800. The average molecular weight is 282 g/mol. The van der Waals surface area contributed by atoms with Crippen LogP contribution in [0.1, 0.15) is 28.8 Å². The Kier molecular flexibility index (Phi) is 3.37. The summed E-state index contributed by atoms with van der Waals surface area (Å²) in [6.07, 6.45) is 3.79. The molecule has 0 atom stereocenters. The lowest BCUT2D eigenvalue weighted by Gasteiger charge is -2.16. The number of hydrogen-bond donors (Lipinski definition) is 1. The molecular weight excluding hydrogens is 264 g/mol. The van der Waals surface area contributed by atoms with E-state index in [-0.39, 0.29) is 16.9 Å². The highest BCUT2D eigenvalue weighted by atomic mass is 16.2. The quantitative estimate of drug-likeness (QED) is 0.930. The van der Waals surface area contributed by atoms with Crippen LogP contribution in [0.4, 0.5) is 0 Å². The molecule has 1 aromatic carbocycles. The van der Waals surface area contributed by atoms with Crippen molar-refractivity contribution in [1.29, 1.82) is 0 Å². The Morgan fingerprint density at radius 2 is 1.95 bits per heavy atom. The molecule has 4 heteroatoms. The fourth-order valence-corrected chi connectivity index (χ4v) is 2.55. The molecule has 1 heterocycles. The van der Waals surface area contributed by atoms with Crippen molar-refractivity contribution >= 4 is 5.91 Å². The Morgan fingerprint density at radius 1 is 1.24 bits per heavy atom. The highest BCUT2D eigenvalue weighted by Crippen LogP contribution is 2.47. The van der Waals surface area contributed by atoms with E-state index in [4.69, 9.17) is 0 Å². The normalized spacial score (nSPS) is 15.5. The van der Waals surface area contributed by atoms with Crippen LogP contribution in [0, 0.1) is 0 Å². The molecule has 0 unspecified atom stereocenters. The van der Waals surface area contributed by atoms with Gasteiger partial charge in [0.1, 0.15) is 0 Å². The van der Waals surface area contributed by atoms with E-state index in [2.05, 4.69) is 17.4 Å². The summed E-state index contributed by atoms with van der Waals surface area (Å²) >= 11 is 0. The number of amides is 1. The lowest BCUT2D eigenvalue weighted by atomic mass is 9.96. The van der Waals surface area contributed by atoms with Crippen LogP contribution >= 0.6 is 0 Å². The Labute approximate surface area is 123 Å². The lowest BCUT2D eigenvalue weighted by molar-refractivity contribution is 0.0949. The van der Waals surface area contributed by atoms with Crippen LogP contribution in [-0.4, -0.2) is 17.0 Å². The SMILES string of the molecule is Cn1ccc(C(=O)NCC2(c3ccccc3)CC2)cc1=O. The molecule has 1 aliphatic carbocycles. The molecule has 1 fully saturated rings. The zero-order valence-corrected chi connectivity index (χ0v) is 12.0. The van der Waals surface area contributed by atoms with Gasteiger partial charge in [-0.05, 0) is 24.5 Å². The molecule has 1 saturated carbocycles. The summed E-state index contributed by atoms with van der Waals surface area (Å²) in [6.45, 7) is 0.616. The smallest absolute Gasteiger partial charge is 0.251 e. The lowest BCUT2D eigenvalue weighted by Crippen LogP contribution is -2.33. The van der Waals surface area contributed by atoms with Gasteiger partial charge in [0.15, 0.2) is 0 Å². The number of aryl methyl sites for hydroxylation is 1. The maximum Gasteiger partial charge on any atom is 0.251 e. The molecule has 2 aromatic rings. The van der Waals surface area contributed by atoms with Crippen molar-refractivity contribution < 1.29 is 4.79 Å². The van der Waals surface area contributed by atoms with E-state index < -0.39 is 0 Å². The van der Waals surface area contributed by atoms with Crippen LogP contribution in [0.3, 0.4) is 0 Å². The maximum absolute atomic E-state index is 12.2. The van der Waals surface area contributed by atoms with Gasteiger partial charge in [-0.25, -0.2) is 0 Å². The predicted molar refractivity (Wildman–Crippen MR) is 81.4 cm³/mol. The molecule has 0 bridgehead atoms. The van der Waals surface area contributed by atoms with Gasteiger partial charge in [-0.2, -0.15) is 0 Å². The molecule has 21 heavy (non-hydrogen) atoms. The molecule has 1 aromatic heterocycles. The second-order valence-electron chi connectivity index (χ2n) is 5.69. The first-order valence-electron chi connectivity index (χ1n) is 7.11. The Morgan fingerprint density at radius 3 is 2.57 bits per heavy atom. The molecule has 1 amide bonds. The van der Waals surface area contributed by atoms with Crippen LogP contribution in [-0.2, 0) is 12.5 Å². The number of benzene rings is 1. The number of rotatable bonds is 4. The van der Waals surface area contributed by atoms with Gasteiger partial charge < -0.3 is 9.88 Å². The summed E-state index contributed by atoms with van der Waals surface area (Å²) in [5, 5.41) is 2.96. The van der Waals surface area contributed by atoms with Crippen molar-refractivity contribution in [3.63, 3.8) is 0 Å². The molecular formula is C17H18N2O2. The van der Waals surface area contributed by atoms with E-state index >= 15 is 0 Å². The third kappa shape index (κ3) is 2.75. The van der Waals surface area contributed by atoms with Crippen LogP contribution in [0.15, 0.2) is 53.5 Å². The fraction of sp³-hybridized carbons (Fsp3) is 0.294. The first kappa shape index (κ1) is 13.6. The molecule has 0 radical (unpaired) electrons. The minimum atomic E-state index is -0.185. The summed E-state index contributed by atoms with van der Waals surface area (Å²) < 4.78 is 1.45. The second-order valence-corrected chi connectivity index (χ2v) is 5.69. The third-order valence-electron chi connectivity index (χ3n) is 4.19. The van der Waals surface area contributed by atoms with E-state index in [9.17, 15) is 9.59 Å². The van der Waals surface area contributed by atoms with E-state index in [1.165, 1.54) is 16.2 Å². The molecule has 1 N–H and O–H groups in total. The van der Waals surface area contributed by atoms with Gasteiger partial charge in [-0.15, -0.1) is 0 Å². The van der Waals surface area contributed by atoms with Gasteiger partial charge in [0.2, 0.25) is 0 Å². The zero-order valence-electron chi connectivity index (χ0n) is 12.0. The molecule has 4 nitrogen and oxygen atoms in total. The predicted octanol–water partition coefficient (Wildman–Crippen LogP) is 1.85.